The standard InChI is InChI=1S/C15H21NO5/c1-10(15(18)19)16-14(17)6-4-5-11-7-8-12(20-2)9-13(11)21-3/h7-10H,4-6H2,1-3H3,(H,16,17)(H,18,19)/t10-/m0/s1. The van der Waals surface area contributed by atoms with Crippen LogP contribution in [0.25, 0.3) is 0 Å². The van der Waals surface area contributed by atoms with Crippen LogP contribution in [0.5, 0.6) is 11.5 Å². The molecule has 2 N–H and O–H groups in total. The molecule has 1 atom stereocenters. The molecule has 116 valence electrons. The zero-order valence-electron chi connectivity index (χ0n) is 12.5. The van der Waals surface area contributed by atoms with E-state index in [0.717, 1.165) is 5.56 Å². The van der Waals surface area contributed by atoms with Crippen LogP contribution in [-0.2, 0) is 16.0 Å². The van der Waals surface area contributed by atoms with Crippen LogP contribution >= 0.6 is 0 Å². The second-order valence-electron chi connectivity index (χ2n) is 4.66. The first-order valence-corrected chi connectivity index (χ1v) is 6.71. The van der Waals surface area contributed by atoms with Gasteiger partial charge in [-0.15, -0.1) is 0 Å². The van der Waals surface area contributed by atoms with Crippen molar-refractivity contribution in [3.63, 3.8) is 0 Å². The van der Waals surface area contributed by atoms with Gasteiger partial charge in [0.2, 0.25) is 5.91 Å². The lowest BCUT2D eigenvalue weighted by Crippen LogP contribution is -2.38. The van der Waals surface area contributed by atoms with Gasteiger partial charge in [-0.2, -0.15) is 0 Å². The predicted molar refractivity (Wildman–Crippen MR) is 77.7 cm³/mol. The number of methoxy groups -OCH3 is 2. The maximum atomic E-state index is 11.6. The molecule has 0 aromatic heterocycles. The lowest BCUT2D eigenvalue weighted by atomic mass is 10.1. The number of ether oxygens (including phenoxy) is 2. The van der Waals surface area contributed by atoms with E-state index >= 15 is 0 Å². The highest BCUT2D eigenvalue weighted by atomic mass is 16.5. The summed E-state index contributed by atoms with van der Waals surface area (Å²) in [5.74, 6) is 0.120. The molecule has 0 saturated carbocycles. The molecule has 0 bridgehead atoms. The summed E-state index contributed by atoms with van der Waals surface area (Å²) in [5.41, 5.74) is 0.984. The highest BCUT2D eigenvalue weighted by molar-refractivity contribution is 5.83. The molecule has 0 radical (unpaired) electrons. The molecule has 0 heterocycles. The molecule has 1 amide bonds. The summed E-state index contributed by atoms with van der Waals surface area (Å²) in [5, 5.41) is 11.1. The zero-order valence-corrected chi connectivity index (χ0v) is 12.5. The fourth-order valence-electron chi connectivity index (χ4n) is 1.87. The van der Waals surface area contributed by atoms with Crippen molar-refractivity contribution >= 4 is 11.9 Å². The van der Waals surface area contributed by atoms with Crippen LogP contribution < -0.4 is 14.8 Å². The Morgan fingerprint density at radius 1 is 1.29 bits per heavy atom. The van der Waals surface area contributed by atoms with Crippen LogP contribution in [-0.4, -0.2) is 37.2 Å². The SMILES string of the molecule is COc1ccc(CCCC(=O)N[C@@H](C)C(=O)O)c(OC)c1. The molecular weight excluding hydrogens is 274 g/mol. The van der Waals surface area contributed by atoms with Gasteiger partial charge in [0.1, 0.15) is 17.5 Å². The van der Waals surface area contributed by atoms with Gasteiger partial charge in [-0.25, -0.2) is 0 Å². The number of hydrogen-bond donors (Lipinski definition) is 2. The van der Waals surface area contributed by atoms with Gasteiger partial charge in [0.05, 0.1) is 14.2 Å². The van der Waals surface area contributed by atoms with Crippen molar-refractivity contribution < 1.29 is 24.2 Å². The van der Waals surface area contributed by atoms with E-state index < -0.39 is 12.0 Å². The minimum atomic E-state index is -1.04. The van der Waals surface area contributed by atoms with Gasteiger partial charge >= 0.3 is 5.97 Å². The van der Waals surface area contributed by atoms with Crippen LogP contribution in [0.4, 0.5) is 0 Å². The Labute approximate surface area is 124 Å². The van der Waals surface area contributed by atoms with E-state index in [9.17, 15) is 9.59 Å². The number of amides is 1. The largest absolute Gasteiger partial charge is 0.497 e. The van der Waals surface area contributed by atoms with Gasteiger partial charge in [-0.1, -0.05) is 6.07 Å². The molecule has 1 aromatic carbocycles. The smallest absolute Gasteiger partial charge is 0.325 e. The van der Waals surface area contributed by atoms with E-state index in [1.165, 1.54) is 6.92 Å². The number of nitrogens with one attached hydrogen (secondary N) is 1. The summed E-state index contributed by atoms with van der Waals surface area (Å²) in [6.45, 7) is 1.44. The second-order valence-corrected chi connectivity index (χ2v) is 4.66. The fraction of sp³-hybridized carbons (Fsp3) is 0.467. The van der Waals surface area contributed by atoms with Gasteiger partial charge in [0.25, 0.3) is 0 Å². The first-order valence-electron chi connectivity index (χ1n) is 6.71. The lowest BCUT2D eigenvalue weighted by Gasteiger charge is -2.11. The molecule has 0 spiro atoms. The summed E-state index contributed by atoms with van der Waals surface area (Å²) >= 11 is 0. The third kappa shape index (κ3) is 5.33. The Bertz CT molecular complexity index is 501. The molecular formula is C15H21NO5. The average molecular weight is 295 g/mol. The molecule has 0 saturated heterocycles. The normalized spacial score (nSPS) is 11.6. The van der Waals surface area contributed by atoms with Crippen LogP contribution in [0.2, 0.25) is 0 Å². The van der Waals surface area contributed by atoms with E-state index in [2.05, 4.69) is 5.32 Å². The average Bonchev–Trinajstić information content (AvgIpc) is 2.47. The molecule has 0 aliphatic heterocycles. The Hall–Kier alpha value is -2.24. The van der Waals surface area contributed by atoms with Crippen LogP contribution in [0, 0.1) is 0 Å². The third-order valence-corrected chi connectivity index (χ3v) is 3.09. The second kappa shape index (κ2) is 8.14. The molecule has 1 rings (SSSR count). The molecule has 6 heteroatoms. The number of carboxylic acids is 1. The molecule has 0 aliphatic carbocycles. The van der Waals surface area contributed by atoms with E-state index in [0.29, 0.717) is 24.3 Å². The molecule has 0 unspecified atom stereocenters. The zero-order chi connectivity index (χ0) is 15.8. The summed E-state index contributed by atoms with van der Waals surface area (Å²) in [4.78, 5) is 22.2. The van der Waals surface area contributed by atoms with E-state index in [-0.39, 0.29) is 12.3 Å². The maximum Gasteiger partial charge on any atom is 0.325 e. The monoisotopic (exact) mass is 295 g/mol. The minimum Gasteiger partial charge on any atom is -0.497 e. The number of hydrogen-bond acceptors (Lipinski definition) is 4. The molecule has 1 aromatic rings. The van der Waals surface area contributed by atoms with Gasteiger partial charge in [-0.3, -0.25) is 9.59 Å². The van der Waals surface area contributed by atoms with Crippen molar-refractivity contribution in [2.75, 3.05) is 14.2 Å². The fourth-order valence-corrected chi connectivity index (χ4v) is 1.87. The lowest BCUT2D eigenvalue weighted by molar-refractivity contribution is -0.141. The third-order valence-electron chi connectivity index (χ3n) is 3.09. The van der Waals surface area contributed by atoms with Crippen molar-refractivity contribution in [1.82, 2.24) is 5.32 Å². The maximum absolute atomic E-state index is 11.6. The molecule has 0 fully saturated rings. The van der Waals surface area contributed by atoms with E-state index in [4.69, 9.17) is 14.6 Å². The highest BCUT2D eigenvalue weighted by Crippen LogP contribution is 2.25. The van der Waals surface area contributed by atoms with Crippen LogP contribution in [0.15, 0.2) is 18.2 Å². The molecule has 0 aliphatic rings. The quantitative estimate of drug-likeness (QED) is 0.761. The number of aliphatic carboxylic acids is 1. The number of aryl methyl sites for hydroxylation is 1. The predicted octanol–water partition coefficient (Wildman–Crippen LogP) is 1.62. The minimum absolute atomic E-state index is 0.266. The Kier molecular flexibility index (Phi) is 6.52. The van der Waals surface area contributed by atoms with Crippen LogP contribution in [0.1, 0.15) is 25.3 Å². The summed E-state index contributed by atoms with van der Waals surface area (Å²) in [7, 11) is 3.17. The van der Waals surface area contributed by atoms with Crippen molar-refractivity contribution in [1.29, 1.82) is 0 Å². The number of rotatable bonds is 8. The van der Waals surface area contributed by atoms with E-state index in [1.807, 2.05) is 12.1 Å². The number of benzene rings is 1. The van der Waals surface area contributed by atoms with Gasteiger partial charge in [0, 0.05) is 12.5 Å². The van der Waals surface area contributed by atoms with Crippen molar-refractivity contribution in [3.8, 4) is 11.5 Å². The number of carboxylic acid groups (broad SMARTS) is 1. The van der Waals surface area contributed by atoms with Crippen molar-refractivity contribution in [3.05, 3.63) is 23.8 Å². The molecule has 21 heavy (non-hydrogen) atoms. The Balaban J connectivity index is 2.49. The van der Waals surface area contributed by atoms with Crippen molar-refractivity contribution in [2.24, 2.45) is 0 Å². The topological polar surface area (TPSA) is 84.9 Å². The van der Waals surface area contributed by atoms with Crippen LogP contribution in [0.3, 0.4) is 0 Å². The summed E-state index contributed by atoms with van der Waals surface area (Å²) < 4.78 is 10.4. The first kappa shape index (κ1) is 16.8. The summed E-state index contributed by atoms with van der Waals surface area (Å²) in [6, 6.07) is 4.66. The van der Waals surface area contributed by atoms with Gasteiger partial charge in [-0.05, 0) is 31.4 Å². The number of carbonyl (C=O) groups is 2. The summed E-state index contributed by atoms with van der Waals surface area (Å²) in [6.07, 6.45) is 1.55. The van der Waals surface area contributed by atoms with Gasteiger partial charge in [0.15, 0.2) is 0 Å². The van der Waals surface area contributed by atoms with Crippen molar-refractivity contribution in [2.45, 2.75) is 32.2 Å². The highest BCUT2D eigenvalue weighted by Gasteiger charge is 2.13. The molecule has 6 nitrogen and oxygen atoms in total. The van der Waals surface area contributed by atoms with E-state index in [1.54, 1.807) is 20.3 Å². The van der Waals surface area contributed by atoms with Gasteiger partial charge < -0.3 is 19.9 Å². The Morgan fingerprint density at radius 2 is 2.00 bits per heavy atom. The Morgan fingerprint density at radius 3 is 2.57 bits per heavy atom. The first-order chi connectivity index (χ1) is 9.97. The number of carbonyl (C=O) groups excluding carboxylic acids is 1.